The van der Waals surface area contributed by atoms with Gasteiger partial charge >= 0.3 is 6.09 Å². The van der Waals surface area contributed by atoms with Crippen LogP contribution in [0.3, 0.4) is 0 Å². The van der Waals surface area contributed by atoms with Crippen molar-refractivity contribution in [2.45, 2.75) is 31.4 Å². The van der Waals surface area contributed by atoms with Gasteiger partial charge < -0.3 is 9.64 Å². The number of carbonyl (C=O) groups is 1. The summed E-state index contributed by atoms with van der Waals surface area (Å²) in [5.41, 5.74) is 0.792. The highest BCUT2D eigenvalue weighted by molar-refractivity contribution is 7.90. The summed E-state index contributed by atoms with van der Waals surface area (Å²) in [6.45, 7) is 0.438. The lowest BCUT2D eigenvalue weighted by molar-refractivity contribution is -0.130. The molecule has 4 rings (SSSR count). The number of nitrogens with zero attached hydrogens (tertiary/aromatic N) is 1. The van der Waals surface area contributed by atoms with Gasteiger partial charge in [-0.2, -0.15) is 0 Å². The zero-order valence-corrected chi connectivity index (χ0v) is 13.5. The van der Waals surface area contributed by atoms with Gasteiger partial charge in [0.25, 0.3) is 0 Å². The highest BCUT2D eigenvalue weighted by Gasteiger charge is 2.61. The van der Waals surface area contributed by atoms with Crippen LogP contribution < -0.4 is 0 Å². The molecular weight excluding hydrogens is 302 g/mol. The smallest absolute Gasteiger partial charge is 0.410 e. The maximum Gasteiger partial charge on any atom is 0.410 e. The van der Waals surface area contributed by atoms with Crippen LogP contribution in [-0.2, 0) is 21.2 Å². The molecule has 0 aromatic heterocycles. The molecule has 1 aromatic rings. The summed E-state index contributed by atoms with van der Waals surface area (Å²) in [6.07, 6.45) is 3.75. The van der Waals surface area contributed by atoms with Crippen LogP contribution in [-0.4, -0.2) is 43.5 Å². The molecule has 0 heterocycles. The topological polar surface area (TPSA) is 63.7 Å². The lowest BCUT2D eigenvalue weighted by Gasteiger charge is -2.65. The predicted molar refractivity (Wildman–Crippen MR) is 83.1 cm³/mol. The fourth-order valence-corrected chi connectivity index (χ4v) is 3.85. The first-order valence-electron chi connectivity index (χ1n) is 7.54. The lowest BCUT2D eigenvalue weighted by atomic mass is 9.49. The number of ether oxygens (including phenoxy) is 1. The van der Waals surface area contributed by atoms with Gasteiger partial charge in [-0.3, -0.25) is 0 Å². The van der Waals surface area contributed by atoms with Gasteiger partial charge in [0.1, 0.15) is 16.4 Å². The first-order valence-corrected chi connectivity index (χ1v) is 9.60. The van der Waals surface area contributed by atoms with Gasteiger partial charge in [0.2, 0.25) is 0 Å². The van der Waals surface area contributed by atoms with Gasteiger partial charge in [0, 0.05) is 18.3 Å². The van der Waals surface area contributed by atoms with Crippen molar-refractivity contribution >= 4 is 15.9 Å². The lowest BCUT2D eigenvalue weighted by Crippen LogP contribution is -2.70. The first-order chi connectivity index (χ1) is 10.4. The molecule has 0 atom stereocenters. The van der Waals surface area contributed by atoms with Crippen molar-refractivity contribution in [1.82, 2.24) is 4.90 Å². The Bertz CT molecular complexity index is 639. The van der Waals surface area contributed by atoms with Crippen LogP contribution in [0.2, 0.25) is 0 Å². The number of carbonyl (C=O) groups excluding carboxylic acids is 1. The van der Waals surface area contributed by atoms with Crippen LogP contribution in [0.1, 0.15) is 24.8 Å². The summed E-state index contributed by atoms with van der Waals surface area (Å²) in [5, 5.41) is 0. The summed E-state index contributed by atoms with van der Waals surface area (Å²) in [5.74, 6) is 0.697. The molecule has 0 spiro atoms. The molecule has 120 valence electrons. The minimum atomic E-state index is -3.10. The second-order valence-electron chi connectivity index (χ2n) is 6.52. The number of benzene rings is 1. The molecule has 0 aliphatic heterocycles. The van der Waals surface area contributed by atoms with E-state index >= 15 is 0 Å². The van der Waals surface area contributed by atoms with E-state index in [1.165, 1.54) is 6.26 Å². The van der Waals surface area contributed by atoms with Crippen molar-refractivity contribution in [3.8, 4) is 0 Å². The molecule has 0 unspecified atom stereocenters. The Balaban J connectivity index is 1.62. The molecule has 6 heteroatoms. The molecule has 22 heavy (non-hydrogen) atoms. The van der Waals surface area contributed by atoms with Crippen LogP contribution in [0.5, 0.6) is 0 Å². The van der Waals surface area contributed by atoms with E-state index in [4.69, 9.17) is 4.74 Å². The summed E-state index contributed by atoms with van der Waals surface area (Å²) < 4.78 is 28.2. The molecule has 1 amide bonds. The van der Waals surface area contributed by atoms with Gasteiger partial charge in [-0.15, -0.1) is 0 Å². The van der Waals surface area contributed by atoms with Gasteiger partial charge in [-0.05, 0) is 30.7 Å². The standard InChI is InChI=1S/C16H21NO4S/c1-22(19,20)8-7-17(16-9-14(10-16)11-16)15(18)21-12-13-5-3-2-4-6-13/h2-6,14H,7-12H2,1H3. The third kappa shape index (κ3) is 3.11. The fraction of sp³-hybridized carbons (Fsp3) is 0.562. The maximum atomic E-state index is 12.4. The molecule has 5 nitrogen and oxygen atoms in total. The summed E-state index contributed by atoms with van der Waals surface area (Å²) >= 11 is 0. The molecule has 3 saturated carbocycles. The van der Waals surface area contributed by atoms with Crippen molar-refractivity contribution in [3.05, 3.63) is 35.9 Å². The zero-order chi connectivity index (χ0) is 15.8. The normalized spacial score (nSPS) is 25.8. The molecule has 3 aliphatic carbocycles. The van der Waals surface area contributed by atoms with E-state index in [9.17, 15) is 13.2 Å². The molecule has 0 radical (unpaired) electrons. The van der Waals surface area contributed by atoms with Gasteiger partial charge in [-0.1, -0.05) is 30.3 Å². The fourth-order valence-electron chi connectivity index (χ4n) is 3.34. The SMILES string of the molecule is CS(=O)(=O)CCN(C(=O)OCc1ccccc1)C12CC(C1)C2. The van der Waals surface area contributed by atoms with E-state index in [1.54, 1.807) is 4.90 Å². The number of hydrogen-bond donors (Lipinski definition) is 0. The molecule has 1 aromatic carbocycles. The summed E-state index contributed by atoms with van der Waals surface area (Å²) in [7, 11) is -3.10. The Hall–Kier alpha value is -1.56. The molecular formula is C16H21NO4S. The van der Waals surface area contributed by atoms with Gasteiger partial charge in [0.15, 0.2) is 0 Å². The third-order valence-electron chi connectivity index (χ3n) is 4.69. The van der Waals surface area contributed by atoms with Crippen molar-refractivity contribution in [3.63, 3.8) is 0 Å². The first kappa shape index (κ1) is 15.3. The average molecular weight is 323 g/mol. The Kier molecular flexibility index (Phi) is 3.89. The summed E-state index contributed by atoms with van der Waals surface area (Å²) in [6, 6.07) is 9.49. The van der Waals surface area contributed by atoms with E-state index < -0.39 is 15.9 Å². The third-order valence-corrected chi connectivity index (χ3v) is 5.61. The van der Waals surface area contributed by atoms with Crippen molar-refractivity contribution in [2.75, 3.05) is 18.6 Å². The van der Waals surface area contributed by atoms with E-state index in [-0.39, 0.29) is 24.4 Å². The van der Waals surface area contributed by atoms with Gasteiger partial charge in [-0.25, -0.2) is 13.2 Å². The largest absolute Gasteiger partial charge is 0.445 e. The van der Waals surface area contributed by atoms with Crippen LogP contribution in [0.15, 0.2) is 30.3 Å². The predicted octanol–water partition coefficient (Wildman–Crippen LogP) is 2.22. The second kappa shape index (κ2) is 5.57. The van der Waals surface area contributed by atoms with Crippen molar-refractivity contribution in [2.24, 2.45) is 5.92 Å². The molecule has 2 bridgehead atoms. The Morgan fingerprint density at radius 3 is 2.41 bits per heavy atom. The monoisotopic (exact) mass is 323 g/mol. The minimum absolute atomic E-state index is 0.0140. The van der Waals surface area contributed by atoms with E-state index in [1.807, 2.05) is 30.3 Å². The average Bonchev–Trinajstić information content (AvgIpc) is 2.37. The van der Waals surface area contributed by atoms with E-state index in [2.05, 4.69) is 0 Å². The Morgan fingerprint density at radius 2 is 1.91 bits per heavy atom. The second-order valence-corrected chi connectivity index (χ2v) is 8.78. The molecule has 3 fully saturated rings. The Labute approximate surface area is 131 Å². The highest BCUT2D eigenvalue weighted by atomic mass is 32.2. The number of hydrogen-bond acceptors (Lipinski definition) is 4. The molecule has 0 saturated heterocycles. The highest BCUT2D eigenvalue weighted by Crippen LogP contribution is 2.60. The number of amides is 1. The zero-order valence-electron chi connectivity index (χ0n) is 12.7. The van der Waals surface area contributed by atoms with Crippen LogP contribution in [0.25, 0.3) is 0 Å². The quantitative estimate of drug-likeness (QED) is 0.805. The maximum absolute atomic E-state index is 12.4. The molecule has 3 aliphatic rings. The van der Waals surface area contributed by atoms with Crippen LogP contribution >= 0.6 is 0 Å². The number of sulfone groups is 1. The molecule has 0 N–H and O–H groups in total. The van der Waals surface area contributed by atoms with Crippen molar-refractivity contribution in [1.29, 1.82) is 0 Å². The van der Waals surface area contributed by atoms with Crippen molar-refractivity contribution < 1.29 is 17.9 Å². The minimum Gasteiger partial charge on any atom is -0.445 e. The van der Waals surface area contributed by atoms with Crippen LogP contribution in [0.4, 0.5) is 4.79 Å². The Morgan fingerprint density at radius 1 is 1.27 bits per heavy atom. The van der Waals surface area contributed by atoms with Gasteiger partial charge in [0.05, 0.1) is 5.75 Å². The van der Waals surface area contributed by atoms with E-state index in [0.29, 0.717) is 5.92 Å². The van der Waals surface area contributed by atoms with E-state index in [0.717, 1.165) is 24.8 Å². The number of rotatable bonds is 6. The van der Waals surface area contributed by atoms with Crippen LogP contribution in [0, 0.1) is 5.92 Å². The summed E-state index contributed by atoms with van der Waals surface area (Å²) in [4.78, 5) is 14.1.